The second kappa shape index (κ2) is 7.63. The summed E-state index contributed by atoms with van der Waals surface area (Å²) in [7, 11) is 0. The Morgan fingerprint density at radius 1 is 1.18 bits per heavy atom. The third-order valence-corrected chi connectivity index (χ3v) is 5.26. The minimum absolute atomic E-state index is 0.0217. The van der Waals surface area contributed by atoms with Gasteiger partial charge in [0, 0.05) is 39.6 Å². The summed E-state index contributed by atoms with van der Waals surface area (Å²) in [6, 6.07) is 12.0. The van der Waals surface area contributed by atoms with E-state index < -0.39 is 0 Å². The number of tetrazole rings is 1. The maximum Gasteiger partial charge on any atom is 0.256 e. The average molecular weight is 439 g/mol. The zero-order valence-corrected chi connectivity index (χ0v) is 17.2. The molecule has 7 nitrogen and oxygen atoms in total. The van der Waals surface area contributed by atoms with E-state index in [2.05, 4.69) is 47.6 Å². The number of pyridine rings is 2. The molecule has 0 spiro atoms. The molecule has 8 heteroatoms. The molecular weight excluding hydrogens is 420 g/mol. The van der Waals surface area contributed by atoms with Gasteiger partial charge < -0.3 is 0 Å². The predicted molar refractivity (Wildman–Crippen MR) is 111 cm³/mol. The van der Waals surface area contributed by atoms with E-state index in [-0.39, 0.29) is 5.56 Å². The van der Waals surface area contributed by atoms with Crippen LogP contribution in [0.3, 0.4) is 0 Å². The van der Waals surface area contributed by atoms with Crippen molar-refractivity contribution in [3.05, 3.63) is 68.3 Å². The van der Waals surface area contributed by atoms with Crippen molar-refractivity contribution < 1.29 is 0 Å². The van der Waals surface area contributed by atoms with E-state index in [1.54, 1.807) is 4.57 Å². The number of aromatic nitrogens is 6. The molecule has 0 radical (unpaired) electrons. The number of halogens is 1. The molecule has 0 aliphatic rings. The molecule has 3 heterocycles. The van der Waals surface area contributed by atoms with Crippen molar-refractivity contribution in [1.29, 1.82) is 0 Å². The number of nitrogens with one attached hydrogen (secondary N) is 1. The molecule has 1 aromatic carbocycles. The van der Waals surface area contributed by atoms with Gasteiger partial charge in [-0.1, -0.05) is 33.3 Å². The topological polar surface area (TPSA) is 89.4 Å². The van der Waals surface area contributed by atoms with Crippen molar-refractivity contribution in [1.82, 2.24) is 30.2 Å². The van der Waals surface area contributed by atoms with Crippen LogP contribution in [0.15, 0.2) is 45.7 Å². The molecule has 0 bridgehead atoms. The van der Waals surface area contributed by atoms with Crippen LogP contribution in [0.4, 0.5) is 0 Å². The van der Waals surface area contributed by atoms with Crippen molar-refractivity contribution in [3.8, 4) is 11.1 Å². The summed E-state index contributed by atoms with van der Waals surface area (Å²) in [6.07, 6.45) is 1.05. The third kappa shape index (κ3) is 3.35. The van der Waals surface area contributed by atoms with Gasteiger partial charge >= 0.3 is 0 Å². The van der Waals surface area contributed by atoms with Crippen molar-refractivity contribution in [2.45, 2.75) is 33.2 Å². The lowest BCUT2D eigenvalue weighted by atomic mass is 9.94. The SMILES string of the molecule is CCn1c(=O)c(CCc2nn[nH]n2)c(-c2cccc(Br)c2)c2ccc(C)nc21. The number of aromatic amines is 1. The summed E-state index contributed by atoms with van der Waals surface area (Å²) in [5.41, 5.74) is 4.21. The zero-order valence-electron chi connectivity index (χ0n) is 15.6. The van der Waals surface area contributed by atoms with Crippen LogP contribution in [0.5, 0.6) is 0 Å². The molecule has 0 atom stereocenters. The van der Waals surface area contributed by atoms with Crippen LogP contribution in [0.2, 0.25) is 0 Å². The first-order valence-electron chi connectivity index (χ1n) is 9.09. The number of hydrogen-bond acceptors (Lipinski definition) is 5. The Morgan fingerprint density at radius 3 is 2.75 bits per heavy atom. The maximum atomic E-state index is 13.4. The van der Waals surface area contributed by atoms with Gasteiger partial charge in [0.05, 0.1) is 0 Å². The Balaban J connectivity index is 2.01. The van der Waals surface area contributed by atoms with Crippen LogP contribution in [-0.4, -0.2) is 30.2 Å². The van der Waals surface area contributed by atoms with Crippen LogP contribution < -0.4 is 5.56 Å². The maximum absolute atomic E-state index is 13.4. The van der Waals surface area contributed by atoms with Crippen LogP contribution in [0, 0.1) is 6.92 Å². The summed E-state index contributed by atoms with van der Waals surface area (Å²) in [5, 5.41) is 15.1. The first kappa shape index (κ1) is 18.5. The molecule has 1 N–H and O–H groups in total. The lowest BCUT2D eigenvalue weighted by molar-refractivity contribution is 0.730. The Kier molecular flexibility index (Phi) is 5.04. The molecule has 28 heavy (non-hydrogen) atoms. The Hall–Kier alpha value is -2.87. The summed E-state index contributed by atoms with van der Waals surface area (Å²) in [6.45, 7) is 4.46. The Labute approximate surface area is 170 Å². The molecule has 4 rings (SSSR count). The number of hydrogen-bond donors (Lipinski definition) is 1. The smallest absolute Gasteiger partial charge is 0.256 e. The van der Waals surface area contributed by atoms with Gasteiger partial charge in [0.25, 0.3) is 5.56 Å². The monoisotopic (exact) mass is 438 g/mol. The van der Waals surface area contributed by atoms with Gasteiger partial charge in [0.15, 0.2) is 5.82 Å². The Bertz CT molecular complexity index is 1200. The second-order valence-corrected chi connectivity index (χ2v) is 7.48. The highest BCUT2D eigenvalue weighted by atomic mass is 79.9. The van der Waals surface area contributed by atoms with Crippen LogP contribution in [0.25, 0.3) is 22.2 Å². The summed E-state index contributed by atoms with van der Waals surface area (Å²) in [4.78, 5) is 18.1. The van der Waals surface area contributed by atoms with E-state index in [0.29, 0.717) is 30.9 Å². The lowest BCUT2D eigenvalue weighted by Crippen LogP contribution is -2.26. The number of nitrogens with zero attached hydrogens (tertiary/aromatic N) is 5. The highest BCUT2D eigenvalue weighted by Gasteiger charge is 2.19. The van der Waals surface area contributed by atoms with Crippen molar-refractivity contribution in [2.75, 3.05) is 0 Å². The fourth-order valence-corrected chi connectivity index (χ4v) is 3.90. The summed E-state index contributed by atoms with van der Waals surface area (Å²) in [5.74, 6) is 0.588. The van der Waals surface area contributed by atoms with E-state index in [4.69, 9.17) is 0 Å². The minimum Gasteiger partial charge on any atom is -0.293 e. The number of benzene rings is 1. The zero-order chi connectivity index (χ0) is 19.7. The molecule has 0 saturated carbocycles. The second-order valence-electron chi connectivity index (χ2n) is 6.57. The minimum atomic E-state index is -0.0217. The summed E-state index contributed by atoms with van der Waals surface area (Å²) >= 11 is 3.55. The molecule has 0 aliphatic heterocycles. The quantitative estimate of drug-likeness (QED) is 0.515. The first-order valence-corrected chi connectivity index (χ1v) is 9.89. The molecule has 142 valence electrons. The van der Waals surface area contributed by atoms with Crippen molar-refractivity contribution >= 4 is 27.0 Å². The lowest BCUT2D eigenvalue weighted by Gasteiger charge is -2.17. The van der Waals surface area contributed by atoms with E-state index in [1.807, 2.05) is 44.2 Å². The Morgan fingerprint density at radius 2 is 2.04 bits per heavy atom. The molecule has 0 amide bonds. The highest BCUT2D eigenvalue weighted by Crippen LogP contribution is 2.32. The summed E-state index contributed by atoms with van der Waals surface area (Å²) < 4.78 is 2.71. The van der Waals surface area contributed by atoms with Gasteiger partial charge in [-0.2, -0.15) is 5.21 Å². The van der Waals surface area contributed by atoms with Crippen LogP contribution >= 0.6 is 15.9 Å². The number of H-pyrrole nitrogens is 1. The molecule has 0 fully saturated rings. The molecule has 0 saturated heterocycles. The van der Waals surface area contributed by atoms with Crippen molar-refractivity contribution in [3.63, 3.8) is 0 Å². The predicted octanol–water partition coefficient (Wildman–Crippen LogP) is 3.45. The number of rotatable bonds is 5. The largest absolute Gasteiger partial charge is 0.293 e. The van der Waals surface area contributed by atoms with Gasteiger partial charge in [0.1, 0.15) is 5.65 Å². The van der Waals surface area contributed by atoms with Gasteiger partial charge in [-0.3, -0.25) is 9.36 Å². The van der Waals surface area contributed by atoms with E-state index in [1.165, 1.54) is 0 Å². The van der Waals surface area contributed by atoms with Gasteiger partial charge in [-0.25, -0.2) is 4.98 Å². The van der Waals surface area contributed by atoms with E-state index in [9.17, 15) is 4.79 Å². The first-order chi connectivity index (χ1) is 13.6. The fraction of sp³-hybridized carbons (Fsp3) is 0.250. The highest BCUT2D eigenvalue weighted by molar-refractivity contribution is 9.10. The molecule has 0 unspecified atom stereocenters. The standard InChI is InChI=1S/C20H19BrN6O/c1-3-27-19-15(8-7-12(2)22-19)18(13-5-4-6-14(21)11-13)16(20(27)28)9-10-17-23-25-26-24-17/h4-8,11H,3,9-10H2,1-2H3,(H,23,24,25,26). The molecule has 4 aromatic rings. The molecule has 0 aliphatic carbocycles. The van der Waals surface area contributed by atoms with E-state index >= 15 is 0 Å². The van der Waals surface area contributed by atoms with Gasteiger partial charge in [0.2, 0.25) is 0 Å². The number of fused-ring (bicyclic) bond motifs is 1. The van der Waals surface area contributed by atoms with Gasteiger partial charge in [-0.05, 0) is 50.1 Å². The third-order valence-electron chi connectivity index (χ3n) is 4.76. The van der Waals surface area contributed by atoms with Crippen LogP contribution in [-0.2, 0) is 19.4 Å². The normalized spacial score (nSPS) is 11.2. The number of aryl methyl sites for hydroxylation is 3. The van der Waals surface area contributed by atoms with E-state index in [0.717, 1.165) is 32.2 Å². The van der Waals surface area contributed by atoms with Crippen LogP contribution in [0.1, 0.15) is 24.0 Å². The molecular formula is C20H19BrN6O. The average Bonchev–Trinajstić information content (AvgIpc) is 3.20. The molecule has 3 aromatic heterocycles. The van der Waals surface area contributed by atoms with Gasteiger partial charge in [-0.15, -0.1) is 10.2 Å². The fourth-order valence-electron chi connectivity index (χ4n) is 3.50. The van der Waals surface area contributed by atoms with Crippen molar-refractivity contribution in [2.24, 2.45) is 0 Å².